The summed E-state index contributed by atoms with van der Waals surface area (Å²) in [4.78, 5) is 14.8. The van der Waals surface area contributed by atoms with Crippen molar-refractivity contribution in [3.8, 4) is 0 Å². The number of rotatable bonds is 2. The van der Waals surface area contributed by atoms with Crippen LogP contribution in [0.15, 0.2) is 47.4 Å². The van der Waals surface area contributed by atoms with Gasteiger partial charge in [0, 0.05) is 13.6 Å². The molecule has 0 saturated carbocycles. The molecule has 2 aromatic carbocycles. The molecule has 0 unspecified atom stereocenters. The van der Waals surface area contributed by atoms with Gasteiger partial charge in [0.25, 0.3) is 5.91 Å². The van der Waals surface area contributed by atoms with Crippen LogP contribution in [0, 0.1) is 3.57 Å². The maximum atomic E-state index is 12.7. The lowest BCUT2D eigenvalue weighted by molar-refractivity contribution is -0.113. The number of carbonyl (C=O) groups excluding carboxylic acids is 1. The van der Waals surface area contributed by atoms with Crippen molar-refractivity contribution < 1.29 is 4.79 Å². The molecular weight excluding hydrogens is 484 g/mol. The lowest BCUT2D eigenvalue weighted by Gasteiger charge is -2.16. The number of amides is 1. The van der Waals surface area contributed by atoms with Crippen LogP contribution in [0.25, 0.3) is 6.08 Å². The third kappa shape index (κ3) is 3.58. The minimum atomic E-state index is -0.143. The molecule has 1 amide bonds. The van der Waals surface area contributed by atoms with Crippen molar-refractivity contribution in [2.45, 2.75) is 0 Å². The molecule has 23 heavy (non-hydrogen) atoms. The van der Waals surface area contributed by atoms with Crippen LogP contribution in [0.2, 0.25) is 10.0 Å². The molecular formula is C16H8Cl2INOS2. The van der Waals surface area contributed by atoms with E-state index in [1.807, 2.05) is 24.3 Å². The van der Waals surface area contributed by atoms with Crippen molar-refractivity contribution in [2.75, 3.05) is 4.90 Å². The molecule has 0 aliphatic carbocycles. The van der Waals surface area contributed by atoms with E-state index < -0.39 is 0 Å². The van der Waals surface area contributed by atoms with Gasteiger partial charge in [-0.25, -0.2) is 0 Å². The van der Waals surface area contributed by atoms with Gasteiger partial charge in [-0.2, -0.15) is 0 Å². The van der Waals surface area contributed by atoms with Gasteiger partial charge < -0.3 is 0 Å². The van der Waals surface area contributed by atoms with Gasteiger partial charge in [-0.3, -0.25) is 9.69 Å². The summed E-state index contributed by atoms with van der Waals surface area (Å²) in [6.07, 6.45) is 1.74. The van der Waals surface area contributed by atoms with Gasteiger partial charge in [0.1, 0.15) is 0 Å². The maximum Gasteiger partial charge on any atom is 0.270 e. The largest absolute Gasteiger partial charge is 0.270 e. The predicted octanol–water partition coefficient (Wildman–Crippen LogP) is 6.00. The Morgan fingerprint density at radius 3 is 2.61 bits per heavy atom. The second-order valence-electron chi connectivity index (χ2n) is 4.63. The molecule has 1 heterocycles. The van der Waals surface area contributed by atoms with Gasteiger partial charge in [-0.1, -0.05) is 65.4 Å². The lowest BCUT2D eigenvalue weighted by atomic mass is 10.2. The highest BCUT2D eigenvalue weighted by molar-refractivity contribution is 14.1. The van der Waals surface area contributed by atoms with Crippen LogP contribution >= 0.6 is 69.8 Å². The Hall–Kier alpha value is -0.600. The number of thiocarbonyl (C=S) groups is 1. The average molecular weight is 492 g/mol. The molecule has 0 atom stereocenters. The van der Waals surface area contributed by atoms with Crippen LogP contribution in [0.3, 0.4) is 0 Å². The van der Waals surface area contributed by atoms with Crippen molar-refractivity contribution >= 4 is 91.8 Å². The van der Waals surface area contributed by atoms with Crippen LogP contribution in [0.5, 0.6) is 0 Å². The molecule has 2 aromatic rings. The molecule has 0 bridgehead atoms. The van der Waals surface area contributed by atoms with E-state index in [0.717, 1.165) is 14.8 Å². The fraction of sp³-hybridized carbons (Fsp3) is 0. The van der Waals surface area contributed by atoms with Crippen molar-refractivity contribution in [3.63, 3.8) is 0 Å². The first-order valence-corrected chi connectivity index (χ1v) is 9.51. The maximum absolute atomic E-state index is 12.7. The van der Waals surface area contributed by atoms with Gasteiger partial charge in [-0.15, -0.1) is 0 Å². The molecule has 1 aliphatic heterocycles. The fourth-order valence-corrected chi connectivity index (χ4v) is 4.44. The summed E-state index contributed by atoms with van der Waals surface area (Å²) in [5.41, 5.74) is 1.53. The summed E-state index contributed by atoms with van der Waals surface area (Å²) in [5, 5.41) is 1.05. The zero-order chi connectivity index (χ0) is 16.6. The molecule has 116 valence electrons. The summed E-state index contributed by atoms with van der Waals surface area (Å²) < 4.78 is 1.47. The fourth-order valence-electron chi connectivity index (χ4n) is 2.07. The molecule has 0 radical (unpaired) electrons. The van der Waals surface area contributed by atoms with E-state index in [1.54, 1.807) is 29.2 Å². The minimum Gasteiger partial charge on any atom is -0.268 e. The smallest absolute Gasteiger partial charge is 0.268 e. The Morgan fingerprint density at radius 1 is 1.17 bits per heavy atom. The zero-order valence-electron chi connectivity index (χ0n) is 11.4. The highest BCUT2D eigenvalue weighted by Gasteiger charge is 2.34. The Kier molecular flexibility index (Phi) is 5.32. The molecule has 2 nitrogen and oxygen atoms in total. The molecule has 0 aromatic heterocycles. The Balaban J connectivity index is 1.98. The first-order valence-electron chi connectivity index (χ1n) is 6.45. The second kappa shape index (κ2) is 7.11. The highest BCUT2D eigenvalue weighted by atomic mass is 127. The van der Waals surface area contributed by atoms with Gasteiger partial charge in [-0.05, 0) is 58.5 Å². The predicted molar refractivity (Wildman–Crippen MR) is 111 cm³/mol. The molecule has 7 heteroatoms. The number of para-hydroxylation sites is 1. The molecule has 3 rings (SSSR count). The molecule has 1 aliphatic rings. The summed E-state index contributed by atoms with van der Waals surface area (Å²) in [5.74, 6) is -0.143. The topological polar surface area (TPSA) is 20.3 Å². The third-order valence-electron chi connectivity index (χ3n) is 3.14. The number of carbonyl (C=O) groups is 1. The molecule has 0 spiro atoms. The van der Waals surface area contributed by atoms with Crippen LogP contribution in [-0.2, 0) is 4.79 Å². The average Bonchev–Trinajstić information content (AvgIpc) is 2.77. The normalized spacial score (nSPS) is 16.5. The number of anilines is 1. The minimum absolute atomic E-state index is 0.143. The van der Waals surface area contributed by atoms with Crippen LogP contribution in [0.1, 0.15) is 5.56 Å². The molecule has 1 fully saturated rings. The van der Waals surface area contributed by atoms with Crippen LogP contribution in [-0.4, -0.2) is 10.2 Å². The number of benzene rings is 2. The van der Waals surface area contributed by atoms with Gasteiger partial charge in [0.2, 0.25) is 0 Å². The lowest BCUT2D eigenvalue weighted by Crippen LogP contribution is -2.28. The zero-order valence-corrected chi connectivity index (χ0v) is 16.7. The number of hydrogen-bond donors (Lipinski definition) is 0. The molecule has 0 N–H and O–H groups in total. The Morgan fingerprint density at radius 2 is 1.91 bits per heavy atom. The van der Waals surface area contributed by atoms with Crippen molar-refractivity contribution in [1.82, 2.24) is 0 Å². The standard InChI is InChI=1S/C16H8Cl2INOS2/c17-10-6-5-9(11(18)8-10)7-14-15(21)20(16(22)23-14)13-4-2-1-3-12(13)19/h1-8H/b14-7-. The van der Waals surface area contributed by atoms with E-state index >= 15 is 0 Å². The van der Waals surface area contributed by atoms with Gasteiger partial charge in [0.05, 0.1) is 10.6 Å². The second-order valence-corrected chi connectivity index (χ2v) is 8.32. The van der Waals surface area contributed by atoms with Crippen LogP contribution < -0.4 is 4.90 Å². The van der Waals surface area contributed by atoms with E-state index in [9.17, 15) is 4.79 Å². The summed E-state index contributed by atoms with van der Waals surface area (Å²) in [7, 11) is 0. The van der Waals surface area contributed by atoms with E-state index in [4.69, 9.17) is 35.4 Å². The number of halogens is 3. The van der Waals surface area contributed by atoms with E-state index in [-0.39, 0.29) is 5.91 Å². The van der Waals surface area contributed by atoms with Gasteiger partial charge in [0.15, 0.2) is 4.32 Å². The summed E-state index contributed by atoms with van der Waals surface area (Å²) in [6.45, 7) is 0. The number of nitrogens with zero attached hydrogens (tertiary/aromatic N) is 1. The van der Waals surface area contributed by atoms with Crippen LogP contribution in [0.4, 0.5) is 5.69 Å². The monoisotopic (exact) mass is 491 g/mol. The quantitative estimate of drug-likeness (QED) is 0.291. The van der Waals surface area contributed by atoms with Crippen molar-refractivity contribution in [3.05, 3.63) is 66.5 Å². The van der Waals surface area contributed by atoms with Crippen molar-refractivity contribution in [2.24, 2.45) is 0 Å². The number of hydrogen-bond acceptors (Lipinski definition) is 3. The first-order chi connectivity index (χ1) is 11.0. The van der Waals surface area contributed by atoms with E-state index in [1.165, 1.54) is 11.8 Å². The first kappa shape index (κ1) is 17.2. The summed E-state index contributed by atoms with van der Waals surface area (Å²) >= 11 is 20.9. The Bertz CT molecular complexity index is 854. The number of thioether (sulfide) groups is 1. The molecule has 1 saturated heterocycles. The van der Waals surface area contributed by atoms with Gasteiger partial charge >= 0.3 is 0 Å². The third-order valence-corrected chi connectivity index (χ3v) is 5.91. The summed E-state index contributed by atoms with van der Waals surface area (Å²) in [6, 6.07) is 12.8. The Labute approximate surface area is 167 Å². The highest BCUT2D eigenvalue weighted by Crippen LogP contribution is 2.38. The van der Waals surface area contributed by atoms with E-state index in [2.05, 4.69) is 22.6 Å². The van der Waals surface area contributed by atoms with E-state index in [0.29, 0.717) is 19.3 Å². The SMILES string of the molecule is O=C1/C(=C/c2ccc(Cl)cc2Cl)SC(=S)N1c1ccccc1I. The van der Waals surface area contributed by atoms with Crippen molar-refractivity contribution in [1.29, 1.82) is 0 Å².